The summed E-state index contributed by atoms with van der Waals surface area (Å²) in [7, 11) is 1.80. The van der Waals surface area contributed by atoms with E-state index >= 15 is 0 Å². The topological polar surface area (TPSA) is 75.3 Å². The van der Waals surface area contributed by atoms with Crippen molar-refractivity contribution in [2.24, 2.45) is 0 Å². The average molecular weight is 314 g/mol. The van der Waals surface area contributed by atoms with Crippen LogP contribution in [-0.2, 0) is 4.79 Å². The number of nitrogens with two attached hydrogens (primary N) is 1. The van der Waals surface area contributed by atoms with Gasteiger partial charge in [0.25, 0.3) is 0 Å². The zero-order valence-corrected chi connectivity index (χ0v) is 12.2. The second-order valence-corrected chi connectivity index (χ2v) is 5.67. The Bertz CT molecular complexity index is 470. The molecule has 0 unspecified atom stereocenters. The van der Waals surface area contributed by atoms with Gasteiger partial charge in [0.05, 0.1) is 0 Å². The zero-order valence-electron chi connectivity index (χ0n) is 10.6. The fourth-order valence-corrected chi connectivity index (χ4v) is 2.50. The van der Waals surface area contributed by atoms with Gasteiger partial charge in [0.2, 0.25) is 11.9 Å². The lowest BCUT2D eigenvalue weighted by molar-refractivity contribution is -0.136. The van der Waals surface area contributed by atoms with E-state index in [1.165, 1.54) is 0 Å². The third-order valence-corrected chi connectivity index (χ3v) is 3.55. The van der Waals surface area contributed by atoms with Crippen LogP contribution in [0.4, 0.5) is 11.8 Å². The van der Waals surface area contributed by atoms with Crippen LogP contribution < -0.4 is 10.6 Å². The number of carbonyl (C=O) groups excluding carboxylic acids is 1. The maximum Gasteiger partial charge on any atom is 0.247 e. The van der Waals surface area contributed by atoms with Gasteiger partial charge in [0.15, 0.2) is 0 Å². The van der Waals surface area contributed by atoms with E-state index in [9.17, 15) is 4.79 Å². The summed E-state index contributed by atoms with van der Waals surface area (Å²) >= 11 is 3.29. The zero-order chi connectivity index (χ0) is 13.5. The molecule has 0 bridgehead atoms. The molecule has 2 heterocycles. The Kier molecular flexibility index (Phi) is 3.18. The molecule has 18 heavy (non-hydrogen) atoms. The molecule has 1 aromatic heterocycles. The van der Waals surface area contributed by atoms with Crippen molar-refractivity contribution in [2.75, 3.05) is 30.8 Å². The van der Waals surface area contributed by atoms with Gasteiger partial charge < -0.3 is 15.5 Å². The maximum absolute atomic E-state index is 12.2. The molecule has 1 aliphatic heterocycles. The number of rotatable bonds is 1. The third kappa shape index (κ3) is 2.14. The van der Waals surface area contributed by atoms with Gasteiger partial charge in [-0.05, 0) is 29.8 Å². The van der Waals surface area contributed by atoms with E-state index < -0.39 is 5.54 Å². The van der Waals surface area contributed by atoms with E-state index in [4.69, 9.17) is 5.73 Å². The molecule has 0 radical (unpaired) electrons. The molecule has 7 heteroatoms. The van der Waals surface area contributed by atoms with Crippen molar-refractivity contribution in [2.45, 2.75) is 19.4 Å². The summed E-state index contributed by atoms with van der Waals surface area (Å²) < 4.78 is 0.618. The highest BCUT2D eigenvalue weighted by atomic mass is 79.9. The van der Waals surface area contributed by atoms with Gasteiger partial charge in [0, 0.05) is 26.2 Å². The Balaban J connectivity index is 2.41. The molecule has 0 saturated carbocycles. The molecule has 0 aliphatic carbocycles. The summed E-state index contributed by atoms with van der Waals surface area (Å²) in [6.07, 6.45) is 0. The number of hydrogen-bond acceptors (Lipinski definition) is 5. The Morgan fingerprint density at radius 3 is 2.67 bits per heavy atom. The van der Waals surface area contributed by atoms with Gasteiger partial charge in [-0.25, -0.2) is 4.98 Å². The van der Waals surface area contributed by atoms with Crippen LogP contribution in [0.2, 0.25) is 0 Å². The van der Waals surface area contributed by atoms with Crippen LogP contribution >= 0.6 is 15.9 Å². The minimum Gasteiger partial charge on any atom is -0.383 e. The predicted molar refractivity (Wildman–Crippen MR) is 73.2 cm³/mol. The number of carbonyl (C=O) groups is 1. The van der Waals surface area contributed by atoms with Crippen molar-refractivity contribution < 1.29 is 4.79 Å². The van der Waals surface area contributed by atoms with Gasteiger partial charge in [0.1, 0.15) is 16.0 Å². The minimum absolute atomic E-state index is 0.0518. The minimum atomic E-state index is -0.666. The van der Waals surface area contributed by atoms with Gasteiger partial charge in [-0.2, -0.15) is 4.98 Å². The highest BCUT2D eigenvalue weighted by molar-refractivity contribution is 9.10. The third-order valence-electron chi connectivity index (χ3n) is 3.15. The molecule has 1 aliphatic rings. The van der Waals surface area contributed by atoms with Crippen LogP contribution in [0.5, 0.6) is 0 Å². The maximum atomic E-state index is 12.2. The molecule has 6 nitrogen and oxygen atoms in total. The molecule has 98 valence electrons. The van der Waals surface area contributed by atoms with Gasteiger partial charge in [-0.1, -0.05) is 0 Å². The SMILES string of the molecule is CN1CCN(c2nc(N)cc(Br)n2)C(C)(C)C1=O. The summed E-state index contributed by atoms with van der Waals surface area (Å²) in [6.45, 7) is 5.07. The number of amides is 1. The molecule has 1 saturated heterocycles. The molecular weight excluding hydrogens is 298 g/mol. The highest BCUT2D eigenvalue weighted by Gasteiger charge is 2.41. The van der Waals surface area contributed by atoms with E-state index in [0.29, 0.717) is 29.5 Å². The lowest BCUT2D eigenvalue weighted by atomic mass is 9.98. The standard InChI is InChI=1S/C11H16BrN5O/c1-11(2)9(18)16(3)4-5-17(11)10-14-7(12)6-8(13)15-10/h6H,4-5H2,1-3H3,(H2,13,14,15). The smallest absolute Gasteiger partial charge is 0.247 e. The Labute approximate surface area is 114 Å². The lowest BCUT2D eigenvalue weighted by Gasteiger charge is -2.44. The van der Waals surface area contributed by atoms with Crippen LogP contribution in [-0.4, -0.2) is 46.5 Å². The van der Waals surface area contributed by atoms with Crippen molar-refractivity contribution >= 4 is 33.6 Å². The number of likely N-dealkylation sites (N-methyl/N-ethyl adjacent to an activating group) is 1. The number of nitrogen functional groups attached to an aromatic ring is 1. The lowest BCUT2D eigenvalue weighted by Crippen LogP contribution is -2.62. The van der Waals surface area contributed by atoms with Crippen LogP contribution in [0.15, 0.2) is 10.7 Å². The summed E-state index contributed by atoms with van der Waals surface area (Å²) in [6, 6.07) is 1.63. The van der Waals surface area contributed by atoms with Crippen LogP contribution in [0.3, 0.4) is 0 Å². The largest absolute Gasteiger partial charge is 0.383 e. The number of halogens is 1. The normalized spacial score (nSPS) is 19.2. The van der Waals surface area contributed by atoms with E-state index in [2.05, 4.69) is 25.9 Å². The number of anilines is 2. The van der Waals surface area contributed by atoms with Crippen molar-refractivity contribution in [3.8, 4) is 0 Å². The Morgan fingerprint density at radius 2 is 2.06 bits per heavy atom. The van der Waals surface area contributed by atoms with E-state index in [1.54, 1.807) is 18.0 Å². The number of piperazine rings is 1. The number of aromatic nitrogens is 2. The molecule has 1 aromatic rings. The predicted octanol–water partition coefficient (Wildman–Crippen LogP) is 0.878. The van der Waals surface area contributed by atoms with Crippen molar-refractivity contribution in [3.63, 3.8) is 0 Å². The Morgan fingerprint density at radius 1 is 1.39 bits per heavy atom. The molecule has 1 amide bonds. The molecular formula is C11H16BrN5O. The first-order valence-corrected chi connectivity index (χ1v) is 6.45. The molecule has 2 rings (SSSR count). The van der Waals surface area contributed by atoms with Crippen molar-refractivity contribution in [3.05, 3.63) is 10.7 Å². The fourth-order valence-electron chi connectivity index (χ4n) is 2.11. The quantitative estimate of drug-likeness (QED) is 0.779. The number of nitrogens with zero attached hydrogens (tertiary/aromatic N) is 4. The van der Waals surface area contributed by atoms with Crippen LogP contribution in [0, 0.1) is 0 Å². The fraction of sp³-hybridized carbons (Fsp3) is 0.545. The summed E-state index contributed by atoms with van der Waals surface area (Å²) in [5, 5.41) is 0. The first-order chi connectivity index (χ1) is 8.32. The average Bonchev–Trinajstić information content (AvgIpc) is 2.24. The molecule has 1 fully saturated rings. The summed E-state index contributed by atoms with van der Waals surface area (Å²) in [5.74, 6) is 0.915. The first kappa shape index (κ1) is 13.1. The van der Waals surface area contributed by atoms with E-state index in [1.807, 2.05) is 18.7 Å². The van der Waals surface area contributed by atoms with Gasteiger partial charge >= 0.3 is 0 Å². The van der Waals surface area contributed by atoms with Gasteiger partial charge in [-0.3, -0.25) is 4.79 Å². The molecule has 0 atom stereocenters. The summed E-state index contributed by atoms with van der Waals surface area (Å²) in [5.41, 5.74) is 5.05. The second kappa shape index (κ2) is 4.38. The Hall–Kier alpha value is -1.37. The second-order valence-electron chi connectivity index (χ2n) is 4.85. The van der Waals surface area contributed by atoms with E-state index in [0.717, 1.165) is 0 Å². The van der Waals surface area contributed by atoms with Crippen LogP contribution in [0.1, 0.15) is 13.8 Å². The molecule has 0 spiro atoms. The van der Waals surface area contributed by atoms with Crippen molar-refractivity contribution in [1.29, 1.82) is 0 Å². The van der Waals surface area contributed by atoms with Crippen molar-refractivity contribution in [1.82, 2.24) is 14.9 Å². The van der Waals surface area contributed by atoms with Gasteiger partial charge in [-0.15, -0.1) is 0 Å². The molecule has 0 aromatic carbocycles. The monoisotopic (exact) mass is 313 g/mol. The number of hydrogen-bond donors (Lipinski definition) is 1. The molecule has 2 N–H and O–H groups in total. The van der Waals surface area contributed by atoms with E-state index in [-0.39, 0.29) is 5.91 Å². The first-order valence-electron chi connectivity index (χ1n) is 5.65. The highest BCUT2D eigenvalue weighted by Crippen LogP contribution is 2.27. The van der Waals surface area contributed by atoms with Crippen LogP contribution in [0.25, 0.3) is 0 Å². The summed E-state index contributed by atoms with van der Waals surface area (Å²) in [4.78, 5) is 24.3.